The van der Waals surface area contributed by atoms with Gasteiger partial charge < -0.3 is 9.72 Å². The van der Waals surface area contributed by atoms with Gasteiger partial charge in [-0.15, -0.1) is 0 Å². The number of carbonyl (C=O) groups excluding carboxylic acids is 1. The highest BCUT2D eigenvalue weighted by Crippen LogP contribution is 2.16. The van der Waals surface area contributed by atoms with E-state index in [1.807, 2.05) is 6.07 Å². The van der Waals surface area contributed by atoms with E-state index in [0.717, 1.165) is 0 Å². The van der Waals surface area contributed by atoms with Crippen molar-refractivity contribution in [3.05, 3.63) is 75.8 Å². The molecule has 1 aromatic heterocycles. The van der Waals surface area contributed by atoms with Crippen LogP contribution in [0.15, 0.2) is 53.3 Å². The Kier molecular flexibility index (Phi) is 4.40. The van der Waals surface area contributed by atoms with Crippen molar-refractivity contribution in [2.75, 3.05) is 7.11 Å². The van der Waals surface area contributed by atoms with Crippen molar-refractivity contribution in [3.8, 4) is 6.07 Å². The van der Waals surface area contributed by atoms with Crippen LogP contribution in [0.2, 0.25) is 0 Å². The van der Waals surface area contributed by atoms with E-state index in [2.05, 4.69) is 14.7 Å². The summed E-state index contributed by atoms with van der Waals surface area (Å²) in [5, 5.41) is 9.89. The summed E-state index contributed by atoms with van der Waals surface area (Å²) in [6.45, 7) is 0. The number of nitrogens with one attached hydrogen (secondary N) is 1. The van der Waals surface area contributed by atoms with Crippen molar-refractivity contribution in [1.82, 2.24) is 9.97 Å². The number of benzene rings is 2. The molecule has 2 aromatic carbocycles. The van der Waals surface area contributed by atoms with E-state index in [-0.39, 0.29) is 17.0 Å². The van der Waals surface area contributed by atoms with Crippen LogP contribution in [-0.2, 0) is 4.74 Å². The number of H-pyrrole nitrogens is 1. The highest BCUT2D eigenvalue weighted by Gasteiger charge is 2.09. The first kappa shape index (κ1) is 16.1. The summed E-state index contributed by atoms with van der Waals surface area (Å²) in [5.74, 6) is -0.236. The largest absolute Gasteiger partial charge is 0.465 e. The molecule has 0 unspecified atom stereocenters. The molecule has 0 aliphatic carbocycles. The van der Waals surface area contributed by atoms with Crippen molar-refractivity contribution in [2.45, 2.75) is 0 Å². The molecule has 1 N–H and O–H groups in total. The zero-order chi connectivity index (χ0) is 17.8. The number of para-hydroxylation sites is 1. The molecule has 0 saturated carbocycles. The molecule has 3 aromatic rings. The van der Waals surface area contributed by atoms with Crippen LogP contribution in [0.1, 0.15) is 21.7 Å². The molecule has 0 aliphatic rings. The van der Waals surface area contributed by atoms with Crippen LogP contribution in [0.3, 0.4) is 0 Å². The fourth-order valence-corrected chi connectivity index (χ4v) is 2.37. The van der Waals surface area contributed by atoms with Gasteiger partial charge in [-0.25, -0.2) is 9.78 Å². The predicted octanol–water partition coefficient (Wildman–Crippen LogP) is 2.77. The van der Waals surface area contributed by atoms with Gasteiger partial charge in [0.2, 0.25) is 0 Å². The van der Waals surface area contributed by atoms with Gasteiger partial charge in [-0.1, -0.05) is 24.3 Å². The lowest BCUT2D eigenvalue weighted by Gasteiger charge is -2.03. The van der Waals surface area contributed by atoms with Crippen LogP contribution < -0.4 is 5.56 Å². The van der Waals surface area contributed by atoms with Crippen LogP contribution in [0.25, 0.3) is 22.6 Å². The lowest BCUT2D eigenvalue weighted by molar-refractivity contribution is 0.0600. The van der Waals surface area contributed by atoms with Gasteiger partial charge in [-0.05, 0) is 35.9 Å². The Morgan fingerprint density at radius 3 is 2.60 bits per heavy atom. The zero-order valence-corrected chi connectivity index (χ0v) is 13.3. The van der Waals surface area contributed by atoms with E-state index in [0.29, 0.717) is 22.0 Å². The monoisotopic (exact) mass is 331 g/mol. The van der Waals surface area contributed by atoms with Crippen LogP contribution in [0.4, 0.5) is 0 Å². The van der Waals surface area contributed by atoms with Crippen molar-refractivity contribution in [2.24, 2.45) is 0 Å². The van der Waals surface area contributed by atoms with E-state index < -0.39 is 5.97 Å². The second-order valence-electron chi connectivity index (χ2n) is 5.22. The minimum atomic E-state index is -0.434. The number of allylic oxidation sites excluding steroid dienone is 1. The lowest BCUT2D eigenvalue weighted by atomic mass is 10.1. The Morgan fingerprint density at radius 1 is 1.20 bits per heavy atom. The fraction of sp³-hybridized carbons (Fsp3) is 0.0526. The summed E-state index contributed by atoms with van der Waals surface area (Å²) in [4.78, 5) is 30.6. The van der Waals surface area contributed by atoms with Gasteiger partial charge in [0, 0.05) is 0 Å². The van der Waals surface area contributed by atoms with Crippen molar-refractivity contribution in [3.63, 3.8) is 0 Å². The number of hydrogen-bond acceptors (Lipinski definition) is 5. The Morgan fingerprint density at radius 2 is 1.92 bits per heavy atom. The number of carbonyl (C=O) groups is 1. The van der Waals surface area contributed by atoms with Crippen molar-refractivity contribution >= 4 is 28.5 Å². The van der Waals surface area contributed by atoms with Crippen LogP contribution in [-0.4, -0.2) is 23.0 Å². The topological polar surface area (TPSA) is 95.8 Å². The Bertz CT molecular complexity index is 1070. The molecule has 1 heterocycles. The summed E-state index contributed by atoms with van der Waals surface area (Å²) in [5.41, 5.74) is 1.54. The number of aromatic nitrogens is 2. The summed E-state index contributed by atoms with van der Waals surface area (Å²) >= 11 is 0. The number of esters is 1. The van der Waals surface area contributed by atoms with E-state index >= 15 is 0 Å². The first-order chi connectivity index (χ1) is 12.1. The number of rotatable bonds is 3. The summed E-state index contributed by atoms with van der Waals surface area (Å²) < 4.78 is 4.65. The van der Waals surface area contributed by atoms with E-state index in [1.54, 1.807) is 54.6 Å². The average Bonchev–Trinajstić information content (AvgIpc) is 2.66. The predicted molar refractivity (Wildman–Crippen MR) is 93.6 cm³/mol. The Balaban J connectivity index is 2.03. The highest BCUT2D eigenvalue weighted by molar-refractivity contribution is 5.91. The van der Waals surface area contributed by atoms with Crippen LogP contribution >= 0.6 is 0 Å². The number of methoxy groups -OCH3 is 1. The molecule has 122 valence electrons. The summed E-state index contributed by atoms with van der Waals surface area (Å²) in [7, 11) is 1.31. The minimum absolute atomic E-state index is 0.197. The fourth-order valence-electron chi connectivity index (χ4n) is 2.37. The first-order valence-electron chi connectivity index (χ1n) is 7.42. The van der Waals surface area contributed by atoms with Crippen molar-refractivity contribution in [1.29, 1.82) is 5.26 Å². The molecule has 0 saturated heterocycles. The maximum atomic E-state index is 12.1. The smallest absolute Gasteiger partial charge is 0.337 e. The molecule has 0 atom stereocenters. The zero-order valence-electron chi connectivity index (χ0n) is 13.3. The number of aromatic amines is 1. The molecule has 0 fully saturated rings. The van der Waals surface area contributed by atoms with E-state index in [9.17, 15) is 14.9 Å². The number of nitrogens with zero attached hydrogens (tertiary/aromatic N) is 2. The number of fused-ring (bicyclic) bond motifs is 1. The molecule has 0 radical (unpaired) electrons. The summed E-state index contributed by atoms with van der Waals surface area (Å²) in [6, 6.07) is 15.5. The second-order valence-corrected chi connectivity index (χ2v) is 5.22. The van der Waals surface area contributed by atoms with Crippen molar-refractivity contribution < 1.29 is 9.53 Å². The molecular formula is C19H13N3O3. The maximum absolute atomic E-state index is 12.1. The number of hydrogen-bond donors (Lipinski definition) is 1. The highest BCUT2D eigenvalue weighted by atomic mass is 16.5. The maximum Gasteiger partial charge on any atom is 0.337 e. The summed E-state index contributed by atoms with van der Waals surface area (Å²) in [6.07, 6.45) is 1.59. The Labute approximate surface area is 143 Å². The standard InChI is InChI=1S/C19H13N3O3/c1-25-19(24)13-8-6-12(7-9-13)10-14(11-20)17-21-16-5-3-2-4-15(16)18(23)22-17/h2-10H,1H3,(H,21,22,23). The number of nitriles is 1. The van der Waals surface area contributed by atoms with Crippen LogP contribution in [0.5, 0.6) is 0 Å². The molecule has 3 rings (SSSR count). The molecule has 0 spiro atoms. The van der Waals surface area contributed by atoms with Gasteiger partial charge in [0.15, 0.2) is 5.82 Å². The number of ether oxygens (including phenoxy) is 1. The van der Waals surface area contributed by atoms with Gasteiger partial charge in [0.25, 0.3) is 5.56 Å². The molecule has 6 heteroatoms. The third-order valence-electron chi connectivity index (χ3n) is 3.63. The lowest BCUT2D eigenvalue weighted by Crippen LogP contribution is -2.11. The normalized spacial score (nSPS) is 11.1. The molecule has 0 aliphatic heterocycles. The van der Waals surface area contributed by atoms with Gasteiger partial charge in [-0.2, -0.15) is 5.26 Å². The molecule has 0 bridgehead atoms. The third-order valence-corrected chi connectivity index (χ3v) is 3.63. The SMILES string of the molecule is COC(=O)c1ccc(C=C(C#N)c2nc3ccccc3c(=O)[nH]2)cc1. The van der Waals surface area contributed by atoms with E-state index in [1.165, 1.54) is 7.11 Å². The molecular weight excluding hydrogens is 318 g/mol. The van der Waals surface area contributed by atoms with Gasteiger partial charge in [-0.3, -0.25) is 4.79 Å². The van der Waals surface area contributed by atoms with Gasteiger partial charge >= 0.3 is 5.97 Å². The first-order valence-corrected chi connectivity index (χ1v) is 7.42. The third kappa shape index (κ3) is 3.31. The molecule has 25 heavy (non-hydrogen) atoms. The average molecular weight is 331 g/mol. The Hall–Kier alpha value is -3.72. The van der Waals surface area contributed by atoms with Gasteiger partial charge in [0.05, 0.1) is 29.1 Å². The molecule has 0 amide bonds. The van der Waals surface area contributed by atoms with Gasteiger partial charge in [0.1, 0.15) is 6.07 Å². The minimum Gasteiger partial charge on any atom is -0.465 e. The molecule has 6 nitrogen and oxygen atoms in total. The quantitative estimate of drug-likeness (QED) is 0.588. The second kappa shape index (κ2) is 6.81. The van der Waals surface area contributed by atoms with E-state index in [4.69, 9.17) is 0 Å². The van der Waals surface area contributed by atoms with Crippen LogP contribution in [0, 0.1) is 11.3 Å².